The molecule has 0 radical (unpaired) electrons. The van der Waals surface area contributed by atoms with E-state index in [4.69, 9.17) is 6.42 Å². The highest BCUT2D eigenvalue weighted by Gasteiger charge is 2.41. The number of hydrogen-bond acceptors (Lipinski definition) is 2. The summed E-state index contributed by atoms with van der Waals surface area (Å²) in [5, 5.41) is 3.84. The predicted molar refractivity (Wildman–Crippen MR) is 72.9 cm³/mol. The largest absolute Gasteiger partial charge is 0.308 e. The molecule has 1 heterocycles. The Balaban J connectivity index is 2.01. The van der Waals surface area contributed by atoms with E-state index in [1.807, 2.05) is 0 Å². The molecule has 2 aliphatic rings. The van der Waals surface area contributed by atoms with E-state index < -0.39 is 0 Å². The topological polar surface area (TPSA) is 15.3 Å². The maximum atomic E-state index is 5.42. The van der Waals surface area contributed by atoms with Crippen molar-refractivity contribution in [2.45, 2.75) is 57.5 Å². The molecule has 0 amide bonds. The zero-order chi connectivity index (χ0) is 12.3. The normalized spacial score (nSPS) is 28.7. The van der Waals surface area contributed by atoms with Crippen LogP contribution >= 0.6 is 0 Å². The van der Waals surface area contributed by atoms with Crippen LogP contribution in [0.25, 0.3) is 0 Å². The first-order chi connectivity index (χ1) is 8.17. The van der Waals surface area contributed by atoms with Crippen LogP contribution < -0.4 is 5.32 Å². The Morgan fingerprint density at radius 3 is 2.71 bits per heavy atom. The second kappa shape index (κ2) is 5.42. The van der Waals surface area contributed by atoms with Gasteiger partial charge in [-0.05, 0) is 18.8 Å². The number of rotatable bonds is 3. The monoisotopic (exact) mass is 234 g/mol. The summed E-state index contributed by atoms with van der Waals surface area (Å²) in [6.07, 6.45) is 11.8. The van der Waals surface area contributed by atoms with Crippen LogP contribution in [0.2, 0.25) is 0 Å². The summed E-state index contributed by atoms with van der Waals surface area (Å²) in [7, 11) is 0. The van der Waals surface area contributed by atoms with Gasteiger partial charge in [-0.3, -0.25) is 4.90 Å². The molecule has 2 heteroatoms. The van der Waals surface area contributed by atoms with Gasteiger partial charge in [-0.2, -0.15) is 0 Å². The summed E-state index contributed by atoms with van der Waals surface area (Å²) >= 11 is 0. The summed E-state index contributed by atoms with van der Waals surface area (Å²) in [4.78, 5) is 2.65. The number of nitrogens with one attached hydrogen (secondary N) is 1. The molecular formula is C15H26N2. The molecule has 1 saturated carbocycles. The predicted octanol–water partition coefficient (Wildman–Crippen LogP) is 2.25. The first-order valence-corrected chi connectivity index (χ1v) is 7.09. The molecule has 1 spiro atoms. The van der Waals surface area contributed by atoms with E-state index in [1.165, 1.54) is 32.2 Å². The third-order valence-electron chi connectivity index (χ3n) is 4.53. The quantitative estimate of drug-likeness (QED) is 0.754. The summed E-state index contributed by atoms with van der Waals surface area (Å²) in [6, 6.07) is 0.662. The average Bonchev–Trinajstić information content (AvgIpc) is 2.74. The maximum Gasteiger partial charge on any atom is 0.0309 e. The molecular weight excluding hydrogens is 208 g/mol. The highest BCUT2D eigenvalue weighted by atomic mass is 15.3. The van der Waals surface area contributed by atoms with Crippen LogP contribution in [0, 0.1) is 18.3 Å². The first-order valence-electron chi connectivity index (χ1n) is 7.09. The minimum Gasteiger partial charge on any atom is -0.308 e. The van der Waals surface area contributed by atoms with Gasteiger partial charge in [0.15, 0.2) is 0 Å². The van der Waals surface area contributed by atoms with Gasteiger partial charge in [0, 0.05) is 37.6 Å². The molecule has 17 heavy (non-hydrogen) atoms. The molecule has 1 aliphatic carbocycles. The van der Waals surface area contributed by atoms with E-state index in [9.17, 15) is 0 Å². The molecule has 1 atom stereocenters. The number of hydrogen-bond donors (Lipinski definition) is 1. The summed E-state index contributed by atoms with van der Waals surface area (Å²) in [5.74, 6) is 3.50. The van der Waals surface area contributed by atoms with Gasteiger partial charge in [-0.1, -0.05) is 26.7 Å². The Kier molecular flexibility index (Phi) is 4.12. The van der Waals surface area contributed by atoms with Crippen LogP contribution in [0.5, 0.6) is 0 Å². The lowest BCUT2D eigenvalue weighted by Crippen LogP contribution is -2.64. The van der Waals surface area contributed by atoms with Gasteiger partial charge in [0.2, 0.25) is 0 Å². The van der Waals surface area contributed by atoms with Crippen LogP contribution in [0.15, 0.2) is 0 Å². The van der Waals surface area contributed by atoms with Crippen molar-refractivity contribution in [2.75, 3.05) is 19.6 Å². The molecule has 1 saturated heterocycles. The highest BCUT2D eigenvalue weighted by Crippen LogP contribution is 2.34. The Labute approximate surface area is 106 Å². The molecule has 96 valence electrons. The lowest BCUT2D eigenvalue weighted by Gasteiger charge is -2.47. The maximum absolute atomic E-state index is 5.42. The van der Waals surface area contributed by atoms with E-state index in [2.05, 4.69) is 30.0 Å². The van der Waals surface area contributed by atoms with Crippen molar-refractivity contribution >= 4 is 0 Å². The van der Waals surface area contributed by atoms with Gasteiger partial charge in [0.05, 0.1) is 0 Å². The standard InChI is InChI=1S/C15H26N2/c1-4-5-10-17-12-15(8-6-7-9-15)16-11-14(17)13(2)3/h1,13-14,16H,5-12H2,2-3H3. The minimum absolute atomic E-state index is 0.417. The molecule has 1 N–H and O–H groups in total. The third-order valence-corrected chi connectivity index (χ3v) is 4.53. The average molecular weight is 234 g/mol. The van der Waals surface area contributed by atoms with Crippen molar-refractivity contribution in [3.63, 3.8) is 0 Å². The Bertz CT molecular complexity index is 284. The van der Waals surface area contributed by atoms with Crippen molar-refractivity contribution in [1.82, 2.24) is 10.2 Å². The van der Waals surface area contributed by atoms with Gasteiger partial charge in [-0.15, -0.1) is 12.3 Å². The van der Waals surface area contributed by atoms with Crippen LogP contribution in [0.4, 0.5) is 0 Å². The molecule has 0 aromatic carbocycles. The van der Waals surface area contributed by atoms with Crippen LogP contribution in [0.1, 0.15) is 46.0 Å². The summed E-state index contributed by atoms with van der Waals surface area (Å²) in [5.41, 5.74) is 0.417. The minimum atomic E-state index is 0.417. The van der Waals surface area contributed by atoms with E-state index in [-0.39, 0.29) is 0 Å². The van der Waals surface area contributed by atoms with Gasteiger partial charge in [-0.25, -0.2) is 0 Å². The molecule has 0 aromatic heterocycles. The SMILES string of the molecule is C#CCCN1CC2(CCCC2)NCC1C(C)C. The van der Waals surface area contributed by atoms with E-state index in [0.717, 1.165) is 19.5 Å². The molecule has 1 aliphatic heterocycles. The smallest absolute Gasteiger partial charge is 0.0309 e. The van der Waals surface area contributed by atoms with Crippen molar-refractivity contribution in [1.29, 1.82) is 0 Å². The van der Waals surface area contributed by atoms with Gasteiger partial charge >= 0.3 is 0 Å². The zero-order valence-corrected chi connectivity index (χ0v) is 11.3. The zero-order valence-electron chi connectivity index (χ0n) is 11.3. The number of terminal acetylenes is 1. The van der Waals surface area contributed by atoms with Gasteiger partial charge < -0.3 is 5.32 Å². The Hall–Kier alpha value is -0.520. The van der Waals surface area contributed by atoms with E-state index >= 15 is 0 Å². The van der Waals surface area contributed by atoms with Crippen LogP contribution in [-0.2, 0) is 0 Å². The first kappa shape index (κ1) is 12.9. The van der Waals surface area contributed by atoms with Crippen LogP contribution in [-0.4, -0.2) is 36.1 Å². The van der Waals surface area contributed by atoms with Crippen LogP contribution in [0.3, 0.4) is 0 Å². The fraction of sp³-hybridized carbons (Fsp3) is 0.867. The van der Waals surface area contributed by atoms with E-state index in [0.29, 0.717) is 17.5 Å². The van der Waals surface area contributed by atoms with E-state index in [1.54, 1.807) is 0 Å². The molecule has 1 unspecified atom stereocenters. The van der Waals surface area contributed by atoms with Crippen molar-refractivity contribution in [3.05, 3.63) is 0 Å². The number of nitrogens with zero attached hydrogens (tertiary/aromatic N) is 1. The summed E-state index contributed by atoms with van der Waals surface area (Å²) in [6.45, 7) is 8.06. The lowest BCUT2D eigenvalue weighted by molar-refractivity contribution is 0.0590. The fourth-order valence-corrected chi connectivity index (χ4v) is 3.51. The second-order valence-corrected chi connectivity index (χ2v) is 6.10. The molecule has 2 rings (SSSR count). The highest BCUT2D eigenvalue weighted by molar-refractivity contribution is 5.02. The lowest BCUT2D eigenvalue weighted by atomic mass is 9.89. The second-order valence-electron chi connectivity index (χ2n) is 6.10. The molecule has 0 bridgehead atoms. The Morgan fingerprint density at radius 2 is 2.12 bits per heavy atom. The Morgan fingerprint density at radius 1 is 1.41 bits per heavy atom. The summed E-state index contributed by atoms with van der Waals surface area (Å²) < 4.78 is 0. The molecule has 2 fully saturated rings. The molecule has 0 aromatic rings. The third kappa shape index (κ3) is 2.84. The fourth-order valence-electron chi connectivity index (χ4n) is 3.51. The van der Waals surface area contributed by atoms with Crippen molar-refractivity contribution in [2.24, 2.45) is 5.92 Å². The molecule has 2 nitrogen and oxygen atoms in total. The van der Waals surface area contributed by atoms with Crippen molar-refractivity contribution < 1.29 is 0 Å². The number of piperazine rings is 1. The van der Waals surface area contributed by atoms with Gasteiger partial charge in [0.25, 0.3) is 0 Å². The van der Waals surface area contributed by atoms with Gasteiger partial charge in [0.1, 0.15) is 0 Å². The van der Waals surface area contributed by atoms with Crippen molar-refractivity contribution in [3.8, 4) is 12.3 Å².